The quantitative estimate of drug-likeness (QED) is 0.632. The number of hydrogen-bond donors (Lipinski definition) is 2. The number of aromatic nitrogens is 2. The van der Waals surface area contributed by atoms with Gasteiger partial charge in [-0.15, -0.1) is 0 Å². The van der Waals surface area contributed by atoms with E-state index in [2.05, 4.69) is 28.3 Å². The van der Waals surface area contributed by atoms with Crippen molar-refractivity contribution in [2.24, 2.45) is 0 Å². The molecule has 0 unspecified atom stereocenters. The number of carbonyl (C=O) groups excluding carboxylic acids is 1. The topological polar surface area (TPSA) is 57.8 Å². The van der Waals surface area contributed by atoms with Crippen molar-refractivity contribution in [1.29, 1.82) is 0 Å². The lowest BCUT2D eigenvalue weighted by Gasteiger charge is -2.03. The van der Waals surface area contributed by atoms with E-state index in [1.165, 1.54) is 11.1 Å². The van der Waals surface area contributed by atoms with E-state index >= 15 is 0 Å². The first-order chi connectivity index (χ1) is 10.1. The van der Waals surface area contributed by atoms with Crippen LogP contribution in [-0.2, 0) is 11.2 Å². The van der Waals surface area contributed by atoms with Gasteiger partial charge in [0.2, 0.25) is 5.91 Å². The summed E-state index contributed by atoms with van der Waals surface area (Å²) >= 11 is 0. The van der Waals surface area contributed by atoms with Crippen molar-refractivity contribution in [3.8, 4) is 0 Å². The summed E-state index contributed by atoms with van der Waals surface area (Å²) in [4.78, 5) is 18.9. The largest absolute Gasteiger partial charge is 0.353 e. The Labute approximate surface area is 125 Å². The summed E-state index contributed by atoms with van der Waals surface area (Å²) in [7, 11) is 0. The van der Waals surface area contributed by atoms with Crippen LogP contribution in [0.2, 0.25) is 0 Å². The van der Waals surface area contributed by atoms with Crippen molar-refractivity contribution in [2.45, 2.75) is 26.7 Å². The monoisotopic (exact) mass is 283 g/mol. The summed E-state index contributed by atoms with van der Waals surface area (Å²) in [6, 6.07) is 6.19. The Kier molecular flexibility index (Phi) is 5.32. The third-order valence-electron chi connectivity index (χ3n) is 3.28. The van der Waals surface area contributed by atoms with Crippen LogP contribution in [0.4, 0.5) is 0 Å². The third kappa shape index (κ3) is 4.91. The second-order valence-corrected chi connectivity index (χ2v) is 5.12. The molecule has 0 atom stereocenters. The lowest BCUT2D eigenvalue weighted by atomic mass is 10.1. The minimum atomic E-state index is -0.0607. The van der Waals surface area contributed by atoms with Gasteiger partial charge in [0.05, 0.1) is 0 Å². The van der Waals surface area contributed by atoms with Crippen molar-refractivity contribution in [1.82, 2.24) is 15.3 Å². The number of aryl methyl sites for hydroxylation is 3. The van der Waals surface area contributed by atoms with E-state index < -0.39 is 0 Å². The van der Waals surface area contributed by atoms with Crippen molar-refractivity contribution in [2.75, 3.05) is 6.54 Å². The van der Waals surface area contributed by atoms with Gasteiger partial charge in [-0.1, -0.05) is 23.8 Å². The molecule has 0 aliphatic heterocycles. The first kappa shape index (κ1) is 15.0. The predicted molar refractivity (Wildman–Crippen MR) is 84.9 cm³/mol. The van der Waals surface area contributed by atoms with Crippen LogP contribution in [0.3, 0.4) is 0 Å². The molecule has 0 spiro atoms. The number of H-pyrrole nitrogens is 1. The number of carbonyl (C=O) groups is 1. The van der Waals surface area contributed by atoms with E-state index in [9.17, 15) is 4.79 Å². The molecule has 1 aromatic carbocycles. The highest BCUT2D eigenvalue weighted by Crippen LogP contribution is 2.11. The Hall–Kier alpha value is -2.36. The van der Waals surface area contributed by atoms with Crippen LogP contribution >= 0.6 is 0 Å². The summed E-state index contributed by atoms with van der Waals surface area (Å²) in [6.45, 7) is 4.76. The molecule has 0 aliphatic rings. The molecule has 1 aromatic heterocycles. The number of benzene rings is 1. The summed E-state index contributed by atoms with van der Waals surface area (Å²) in [6.07, 6.45) is 8.70. The highest BCUT2D eigenvalue weighted by atomic mass is 16.1. The number of nitrogens with one attached hydrogen (secondary N) is 2. The number of hydrogen-bond acceptors (Lipinski definition) is 2. The van der Waals surface area contributed by atoms with Gasteiger partial charge in [-0.3, -0.25) is 4.79 Å². The molecular weight excluding hydrogens is 262 g/mol. The van der Waals surface area contributed by atoms with Crippen molar-refractivity contribution in [3.05, 3.63) is 59.2 Å². The third-order valence-corrected chi connectivity index (χ3v) is 3.28. The van der Waals surface area contributed by atoms with Gasteiger partial charge < -0.3 is 10.3 Å². The Bertz CT molecular complexity index is 615. The maximum Gasteiger partial charge on any atom is 0.243 e. The smallest absolute Gasteiger partial charge is 0.243 e. The molecule has 1 heterocycles. The molecule has 0 aliphatic carbocycles. The summed E-state index contributed by atoms with van der Waals surface area (Å²) in [5.74, 6) is 0.893. The summed E-state index contributed by atoms with van der Waals surface area (Å²) in [5, 5.41) is 2.88. The van der Waals surface area contributed by atoms with Gasteiger partial charge >= 0.3 is 0 Å². The number of aromatic amines is 1. The Balaban J connectivity index is 1.74. The molecule has 2 N–H and O–H groups in total. The molecule has 2 rings (SSSR count). The lowest BCUT2D eigenvalue weighted by molar-refractivity contribution is -0.116. The molecule has 4 heteroatoms. The number of nitrogens with zero attached hydrogens (tertiary/aromatic N) is 1. The van der Waals surface area contributed by atoms with Crippen LogP contribution in [-0.4, -0.2) is 22.4 Å². The normalized spacial score (nSPS) is 11.0. The van der Waals surface area contributed by atoms with Crippen LogP contribution in [0, 0.1) is 13.8 Å². The minimum absolute atomic E-state index is 0.0607. The average Bonchev–Trinajstić information content (AvgIpc) is 2.96. The second kappa shape index (κ2) is 7.43. The van der Waals surface area contributed by atoms with Crippen LogP contribution in [0.15, 0.2) is 36.7 Å². The van der Waals surface area contributed by atoms with E-state index in [0.29, 0.717) is 6.54 Å². The standard InChI is InChI=1S/C17H21N3O/c1-13-5-6-15(14(2)12-13)7-8-17(21)20-9-3-4-16-18-10-11-19-16/h5-8,10-12H,3-4,9H2,1-2H3,(H,18,19)(H,20,21)/b8-7+. The van der Waals surface area contributed by atoms with Gasteiger partial charge in [-0.05, 0) is 37.5 Å². The SMILES string of the molecule is Cc1ccc(/C=C/C(=O)NCCCc2ncc[nH]2)c(C)c1. The number of amides is 1. The number of imidazole rings is 1. The summed E-state index contributed by atoms with van der Waals surface area (Å²) < 4.78 is 0. The number of rotatable bonds is 6. The van der Waals surface area contributed by atoms with Gasteiger partial charge in [0, 0.05) is 31.4 Å². The molecular formula is C17H21N3O. The minimum Gasteiger partial charge on any atom is -0.353 e. The molecule has 21 heavy (non-hydrogen) atoms. The summed E-state index contributed by atoms with van der Waals surface area (Å²) in [5.41, 5.74) is 3.48. The van der Waals surface area contributed by atoms with E-state index in [0.717, 1.165) is 24.2 Å². The molecule has 0 bridgehead atoms. The molecule has 110 valence electrons. The fourth-order valence-electron chi connectivity index (χ4n) is 2.14. The van der Waals surface area contributed by atoms with E-state index in [1.54, 1.807) is 18.5 Å². The van der Waals surface area contributed by atoms with Crippen molar-refractivity contribution >= 4 is 12.0 Å². The zero-order chi connectivity index (χ0) is 15.1. The molecule has 4 nitrogen and oxygen atoms in total. The molecule has 0 saturated carbocycles. The average molecular weight is 283 g/mol. The van der Waals surface area contributed by atoms with E-state index in [-0.39, 0.29) is 5.91 Å². The first-order valence-corrected chi connectivity index (χ1v) is 7.16. The molecule has 0 fully saturated rings. The van der Waals surface area contributed by atoms with E-state index in [4.69, 9.17) is 0 Å². The maximum absolute atomic E-state index is 11.7. The first-order valence-electron chi connectivity index (χ1n) is 7.16. The second-order valence-electron chi connectivity index (χ2n) is 5.12. The Morgan fingerprint density at radius 2 is 2.24 bits per heavy atom. The maximum atomic E-state index is 11.7. The van der Waals surface area contributed by atoms with E-state index in [1.807, 2.05) is 25.1 Å². The molecule has 1 amide bonds. The fraction of sp³-hybridized carbons (Fsp3) is 0.294. The van der Waals surface area contributed by atoms with Crippen LogP contribution in [0.25, 0.3) is 6.08 Å². The van der Waals surface area contributed by atoms with Gasteiger partial charge in [-0.2, -0.15) is 0 Å². The van der Waals surface area contributed by atoms with Gasteiger partial charge in [-0.25, -0.2) is 4.98 Å². The zero-order valence-electron chi connectivity index (χ0n) is 12.5. The van der Waals surface area contributed by atoms with Crippen LogP contribution < -0.4 is 5.32 Å². The Morgan fingerprint density at radius 1 is 1.38 bits per heavy atom. The zero-order valence-corrected chi connectivity index (χ0v) is 12.5. The van der Waals surface area contributed by atoms with Crippen molar-refractivity contribution in [3.63, 3.8) is 0 Å². The predicted octanol–water partition coefficient (Wildman–Crippen LogP) is 2.79. The molecule has 2 aromatic rings. The molecule has 0 radical (unpaired) electrons. The fourth-order valence-corrected chi connectivity index (χ4v) is 2.14. The van der Waals surface area contributed by atoms with Crippen LogP contribution in [0.5, 0.6) is 0 Å². The van der Waals surface area contributed by atoms with Gasteiger partial charge in [0.15, 0.2) is 0 Å². The highest BCUT2D eigenvalue weighted by molar-refractivity contribution is 5.91. The van der Waals surface area contributed by atoms with Gasteiger partial charge in [0.1, 0.15) is 5.82 Å². The Morgan fingerprint density at radius 3 is 2.95 bits per heavy atom. The lowest BCUT2D eigenvalue weighted by Crippen LogP contribution is -2.22. The van der Waals surface area contributed by atoms with Crippen molar-refractivity contribution < 1.29 is 4.79 Å². The van der Waals surface area contributed by atoms with Gasteiger partial charge in [0.25, 0.3) is 0 Å². The molecule has 0 saturated heterocycles. The van der Waals surface area contributed by atoms with Crippen LogP contribution in [0.1, 0.15) is 28.9 Å². The highest BCUT2D eigenvalue weighted by Gasteiger charge is 1.99.